The first-order valence-corrected chi connectivity index (χ1v) is 7.87. The van der Waals surface area contributed by atoms with Crippen LogP contribution in [0.25, 0.3) is 10.6 Å². The monoisotopic (exact) mass is 277 g/mol. The van der Waals surface area contributed by atoms with Crippen LogP contribution in [-0.2, 0) is 12.8 Å². The van der Waals surface area contributed by atoms with Gasteiger partial charge in [0.1, 0.15) is 5.82 Å². The summed E-state index contributed by atoms with van der Waals surface area (Å²) >= 11 is 1.85. The summed E-state index contributed by atoms with van der Waals surface area (Å²) in [7, 11) is 0. The molecule has 0 bridgehead atoms. The Morgan fingerprint density at radius 2 is 2.21 bits per heavy atom. The Balaban J connectivity index is 1.88. The first-order chi connectivity index (χ1) is 9.19. The van der Waals surface area contributed by atoms with Gasteiger partial charge in [-0.15, -0.1) is 11.3 Å². The molecular formula is C15H23N3S. The molecule has 104 valence electrons. The summed E-state index contributed by atoms with van der Waals surface area (Å²) in [6, 6.07) is 4.94. The van der Waals surface area contributed by atoms with Crippen LogP contribution in [0.5, 0.6) is 0 Å². The molecule has 0 radical (unpaired) electrons. The van der Waals surface area contributed by atoms with Crippen LogP contribution < -0.4 is 5.32 Å². The molecule has 19 heavy (non-hydrogen) atoms. The van der Waals surface area contributed by atoms with E-state index in [1.165, 1.54) is 9.75 Å². The lowest BCUT2D eigenvalue weighted by molar-refractivity contribution is 0.567. The Labute approximate surface area is 119 Å². The lowest BCUT2D eigenvalue weighted by Gasteiger charge is -2.06. The average Bonchev–Trinajstić information content (AvgIpc) is 3.02. The molecule has 2 aromatic rings. The van der Waals surface area contributed by atoms with E-state index in [-0.39, 0.29) is 0 Å². The Kier molecular flexibility index (Phi) is 5.16. The number of aryl methyl sites for hydroxylation is 2. The molecule has 0 atom stereocenters. The second-order valence-corrected chi connectivity index (χ2v) is 6.24. The Morgan fingerprint density at radius 1 is 1.37 bits per heavy atom. The van der Waals surface area contributed by atoms with Crippen LogP contribution in [0.1, 0.15) is 37.9 Å². The normalized spacial score (nSPS) is 11.4. The SMILES string of the molecule is CCc1ccc(-c2cnc(CCCNC(C)C)[nH]2)s1. The van der Waals surface area contributed by atoms with Gasteiger partial charge in [0.05, 0.1) is 16.8 Å². The zero-order valence-electron chi connectivity index (χ0n) is 12.0. The minimum Gasteiger partial charge on any atom is -0.341 e. The van der Waals surface area contributed by atoms with Gasteiger partial charge >= 0.3 is 0 Å². The van der Waals surface area contributed by atoms with Crippen LogP contribution in [0.4, 0.5) is 0 Å². The molecule has 0 amide bonds. The minimum absolute atomic E-state index is 0.561. The fourth-order valence-corrected chi connectivity index (χ4v) is 2.89. The van der Waals surface area contributed by atoms with Gasteiger partial charge in [-0.05, 0) is 31.5 Å². The van der Waals surface area contributed by atoms with Crippen molar-refractivity contribution >= 4 is 11.3 Å². The van der Waals surface area contributed by atoms with Gasteiger partial charge in [0.15, 0.2) is 0 Å². The minimum atomic E-state index is 0.561. The number of hydrogen-bond acceptors (Lipinski definition) is 3. The molecule has 2 rings (SSSR count). The molecule has 4 heteroatoms. The Hall–Kier alpha value is -1.13. The summed E-state index contributed by atoms with van der Waals surface area (Å²) in [5, 5.41) is 3.43. The fraction of sp³-hybridized carbons (Fsp3) is 0.533. The van der Waals surface area contributed by atoms with Gasteiger partial charge in [-0.3, -0.25) is 0 Å². The first-order valence-electron chi connectivity index (χ1n) is 7.05. The largest absolute Gasteiger partial charge is 0.341 e. The zero-order chi connectivity index (χ0) is 13.7. The van der Waals surface area contributed by atoms with Gasteiger partial charge in [-0.1, -0.05) is 20.8 Å². The van der Waals surface area contributed by atoms with E-state index in [1.54, 1.807) is 0 Å². The topological polar surface area (TPSA) is 40.7 Å². The quantitative estimate of drug-likeness (QED) is 0.759. The summed E-state index contributed by atoms with van der Waals surface area (Å²) < 4.78 is 0. The van der Waals surface area contributed by atoms with Crippen molar-refractivity contribution in [2.24, 2.45) is 0 Å². The van der Waals surface area contributed by atoms with Crippen LogP contribution in [-0.4, -0.2) is 22.6 Å². The summed E-state index contributed by atoms with van der Waals surface area (Å²) in [5.74, 6) is 1.09. The first kappa shape index (κ1) is 14.3. The summed E-state index contributed by atoms with van der Waals surface area (Å²) in [5.41, 5.74) is 1.15. The second-order valence-electron chi connectivity index (χ2n) is 5.08. The zero-order valence-corrected chi connectivity index (χ0v) is 12.8. The van der Waals surface area contributed by atoms with Crippen molar-refractivity contribution in [3.8, 4) is 10.6 Å². The maximum Gasteiger partial charge on any atom is 0.106 e. The van der Waals surface area contributed by atoms with Gasteiger partial charge in [-0.25, -0.2) is 4.98 Å². The maximum absolute atomic E-state index is 4.47. The van der Waals surface area contributed by atoms with Gasteiger partial charge in [0.25, 0.3) is 0 Å². The van der Waals surface area contributed by atoms with Crippen LogP contribution in [0.15, 0.2) is 18.3 Å². The van der Waals surface area contributed by atoms with Gasteiger partial charge in [-0.2, -0.15) is 0 Å². The number of imidazole rings is 1. The van der Waals surface area contributed by atoms with Crippen LogP contribution in [0, 0.1) is 0 Å². The highest BCUT2D eigenvalue weighted by Gasteiger charge is 2.06. The molecule has 0 spiro atoms. The van der Waals surface area contributed by atoms with Crippen molar-refractivity contribution in [2.75, 3.05) is 6.54 Å². The van der Waals surface area contributed by atoms with Gasteiger partial charge in [0, 0.05) is 17.3 Å². The smallest absolute Gasteiger partial charge is 0.106 e. The fourth-order valence-electron chi connectivity index (χ4n) is 1.97. The third-order valence-corrected chi connectivity index (χ3v) is 4.31. The standard InChI is InChI=1S/C15H23N3S/c1-4-12-7-8-14(19-12)13-10-17-15(18-13)6-5-9-16-11(2)3/h7-8,10-11,16H,4-6,9H2,1-3H3,(H,17,18). The van der Waals surface area contributed by atoms with Gasteiger partial charge in [0.2, 0.25) is 0 Å². The Bertz CT molecular complexity index is 499. The molecule has 0 aliphatic rings. The molecule has 0 fully saturated rings. The van der Waals surface area contributed by atoms with E-state index >= 15 is 0 Å². The van der Waals surface area contributed by atoms with E-state index in [2.05, 4.69) is 48.2 Å². The average molecular weight is 277 g/mol. The molecule has 0 aliphatic heterocycles. The third kappa shape index (κ3) is 4.18. The highest BCUT2D eigenvalue weighted by molar-refractivity contribution is 7.15. The summed E-state index contributed by atoms with van der Waals surface area (Å²) in [6.07, 6.45) is 5.19. The number of rotatable bonds is 7. The van der Waals surface area contributed by atoms with E-state index in [0.717, 1.165) is 37.3 Å². The highest BCUT2D eigenvalue weighted by Crippen LogP contribution is 2.26. The van der Waals surface area contributed by atoms with Gasteiger partial charge < -0.3 is 10.3 Å². The van der Waals surface area contributed by atoms with Crippen LogP contribution >= 0.6 is 11.3 Å². The number of H-pyrrole nitrogens is 1. The molecular weight excluding hydrogens is 254 g/mol. The number of hydrogen-bond donors (Lipinski definition) is 2. The molecule has 2 aromatic heterocycles. The number of nitrogens with zero attached hydrogens (tertiary/aromatic N) is 1. The predicted octanol–water partition coefficient (Wildman–Crippen LogP) is 3.63. The molecule has 0 unspecified atom stereocenters. The van der Waals surface area contributed by atoms with Crippen LogP contribution in [0.3, 0.4) is 0 Å². The number of thiophene rings is 1. The van der Waals surface area contributed by atoms with Crippen molar-refractivity contribution in [2.45, 2.75) is 46.1 Å². The Morgan fingerprint density at radius 3 is 2.89 bits per heavy atom. The number of aromatic nitrogens is 2. The van der Waals surface area contributed by atoms with Crippen molar-refractivity contribution in [1.29, 1.82) is 0 Å². The second kappa shape index (κ2) is 6.87. The molecule has 0 saturated heterocycles. The summed E-state index contributed by atoms with van der Waals surface area (Å²) in [4.78, 5) is 10.6. The summed E-state index contributed by atoms with van der Waals surface area (Å²) in [6.45, 7) is 7.59. The van der Waals surface area contributed by atoms with Crippen molar-refractivity contribution < 1.29 is 0 Å². The molecule has 2 heterocycles. The lowest BCUT2D eigenvalue weighted by atomic mass is 10.3. The lowest BCUT2D eigenvalue weighted by Crippen LogP contribution is -2.24. The molecule has 2 N–H and O–H groups in total. The van der Waals surface area contributed by atoms with E-state index in [0.29, 0.717) is 6.04 Å². The van der Waals surface area contributed by atoms with Crippen molar-refractivity contribution in [3.63, 3.8) is 0 Å². The molecule has 3 nitrogen and oxygen atoms in total. The third-order valence-electron chi connectivity index (χ3n) is 3.05. The molecule has 0 aromatic carbocycles. The number of aromatic amines is 1. The van der Waals surface area contributed by atoms with E-state index < -0.39 is 0 Å². The number of nitrogens with one attached hydrogen (secondary N) is 2. The molecule has 0 saturated carbocycles. The van der Waals surface area contributed by atoms with Crippen molar-refractivity contribution in [3.05, 3.63) is 29.0 Å². The van der Waals surface area contributed by atoms with Crippen molar-refractivity contribution in [1.82, 2.24) is 15.3 Å². The highest BCUT2D eigenvalue weighted by atomic mass is 32.1. The van der Waals surface area contributed by atoms with E-state index in [1.807, 2.05) is 17.5 Å². The molecule has 0 aliphatic carbocycles. The van der Waals surface area contributed by atoms with E-state index in [4.69, 9.17) is 0 Å². The van der Waals surface area contributed by atoms with E-state index in [9.17, 15) is 0 Å². The maximum atomic E-state index is 4.47. The predicted molar refractivity (Wildman–Crippen MR) is 82.7 cm³/mol. The van der Waals surface area contributed by atoms with Crippen LogP contribution in [0.2, 0.25) is 0 Å².